The maximum atomic E-state index is 12.6. The van der Waals surface area contributed by atoms with Crippen molar-refractivity contribution in [2.75, 3.05) is 12.3 Å². The van der Waals surface area contributed by atoms with Gasteiger partial charge in [-0.05, 0) is 37.3 Å². The summed E-state index contributed by atoms with van der Waals surface area (Å²) in [7, 11) is 0. The molecule has 5 nitrogen and oxygen atoms in total. The molecule has 2 aromatic carbocycles. The topological polar surface area (TPSA) is 82.5 Å². The van der Waals surface area contributed by atoms with Gasteiger partial charge >= 0.3 is 0 Å². The van der Waals surface area contributed by atoms with Gasteiger partial charge in [-0.3, -0.25) is 4.79 Å². The first kappa shape index (κ1) is 17.5. The van der Waals surface area contributed by atoms with E-state index < -0.39 is 0 Å². The SMILES string of the molecule is C/C(=N\N(CCC#N)C(=O)c1ccccc1)c1cc(Cl)ccc1N. The van der Waals surface area contributed by atoms with E-state index in [1.807, 2.05) is 12.1 Å². The number of nitrogens with two attached hydrogens (primary N) is 1. The second-order valence-corrected chi connectivity index (χ2v) is 5.56. The van der Waals surface area contributed by atoms with Crippen molar-refractivity contribution >= 4 is 28.9 Å². The van der Waals surface area contributed by atoms with Gasteiger partial charge in [0.2, 0.25) is 0 Å². The van der Waals surface area contributed by atoms with E-state index >= 15 is 0 Å². The van der Waals surface area contributed by atoms with Crippen LogP contribution in [0.2, 0.25) is 5.02 Å². The van der Waals surface area contributed by atoms with E-state index in [-0.39, 0.29) is 18.9 Å². The van der Waals surface area contributed by atoms with Crippen LogP contribution < -0.4 is 5.73 Å². The lowest BCUT2D eigenvalue weighted by atomic mass is 10.1. The number of amides is 1. The number of rotatable bonds is 5. The molecule has 0 atom stereocenters. The van der Waals surface area contributed by atoms with Gasteiger partial charge in [0.1, 0.15) is 0 Å². The molecule has 0 aliphatic carbocycles. The van der Waals surface area contributed by atoms with Crippen LogP contribution in [0.15, 0.2) is 53.6 Å². The minimum atomic E-state index is -0.272. The van der Waals surface area contributed by atoms with Crippen LogP contribution >= 0.6 is 11.6 Å². The Hall–Kier alpha value is -2.84. The Morgan fingerprint density at radius 3 is 2.67 bits per heavy atom. The van der Waals surface area contributed by atoms with Gasteiger partial charge < -0.3 is 5.73 Å². The zero-order chi connectivity index (χ0) is 17.5. The summed E-state index contributed by atoms with van der Waals surface area (Å²) < 4.78 is 0. The molecule has 0 aliphatic rings. The largest absolute Gasteiger partial charge is 0.398 e. The van der Waals surface area contributed by atoms with Gasteiger partial charge in [-0.2, -0.15) is 10.4 Å². The van der Waals surface area contributed by atoms with E-state index in [1.54, 1.807) is 49.4 Å². The number of nitrogen functional groups attached to an aromatic ring is 1. The first-order valence-corrected chi connectivity index (χ1v) is 7.75. The van der Waals surface area contributed by atoms with Crippen LogP contribution in [0.3, 0.4) is 0 Å². The monoisotopic (exact) mass is 340 g/mol. The number of carbonyl (C=O) groups is 1. The van der Waals surface area contributed by atoms with E-state index in [9.17, 15) is 4.79 Å². The van der Waals surface area contributed by atoms with Gasteiger partial charge in [-0.1, -0.05) is 29.8 Å². The highest BCUT2D eigenvalue weighted by Gasteiger charge is 2.16. The van der Waals surface area contributed by atoms with Crippen molar-refractivity contribution in [1.82, 2.24) is 5.01 Å². The van der Waals surface area contributed by atoms with Gasteiger partial charge in [-0.15, -0.1) is 0 Å². The van der Waals surface area contributed by atoms with Crippen molar-refractivity contribution in [1.29, 1.82) is 5.26 Å². The average molecular weight is 341 g/mol. The van der Waals surface area contributed by atoms with Crippen LogP contribution in [0, 0.1) is 11.3 Å². The van der Waals surface area contributed by atoms with Crippen molar-refractivity contribution in [3.63, 3.8) is 0 Å². The summed E-state index contributed by atoms with van der Waals surface area (Å²) in [5.41, 5.74) is 8.20. The molecule has 0 aliphatic heterocycles. The Labute approximate surface area is 146 Å². The van der Waals surface area contributed by atoms with Crippen molar-refractivity contribution in [2.45, 2.75) is 13.3 Å². The third kappa shape index (κ3) is 4.34. The van der Waals surface area contributed by atoms with Gasteiger partial charge in [0.05, 0.1) is 24.7 Å². The molecule has 24 heavy (non-hydrogen) atoms. The zero-order valence-electron chi connectivity index (χ0n) is 13.2. The molecule has 0 heterocycles. The van der Waals surface area contributed by atoms with E-state index in [1.165, 1.54) is 5.01 Å². The van der Waals surface area contributed by atoms with Crippen molar-refractivity contribution in [2.24, 2.45) is 5.10 Å². The molecular formula is C18H17ClN4O. The Balaban J connectivity index is 2.35. The zero-order valence-corrected chi connectivity index (χ0v) is 14.0. The van der Waals surface area contributed by atoms with Crippen LogP contribution in [0.25, 0.3) is 0 Å². The Bertz CT molecular complexity index is 796. The summed E-state index contributed by atoms with van der Waals surface area (Å²) in [6.45, 7) is 1.95. The van der Waals surface area contributed by atoms with Crippen molar-refractivity contribution < 1.29 is 4.79 Å². The fraction of sp³-hybridized carbons (Fsp3) is 0.167. The van der Waals surface area contributed by atoms with Gasteiger partial charge in [0, 0.05) is 21.8 Å². The molecular weight excluding hydrogens is 324 g/mol. The highest BCUT2D eigenvalue weighted by atomic mass is 35.5. The number of anilines is 1. The molecule has 0 unspecified atom stereocenters. The molecule has 0 saturated heterocycles. The van der Waals surface area contributed by atoms with Gasteiger partial charge in [-0.25, -0.2) is 5.01 Å². The standard InChI is InChI=1S/C18H17ClN4O/c1-13(16-12-15(19)8-9-17(16)21)22-23(11-5-10-20)18(24)14-6-3-2-4-7-14/h2-4,6-9,12H,5,11,21H2,1H3/b22-13+. The molecule has 2 N–H and O–H groups in total. The van der Waals surface area contributed by atoms with Crippen LogP contribution in [0.1, 0.15) is 29.3 Å². The third-order valence-corrected chi connectivity index (χ3v) is 3.60. The highest BCUT2D eigenvalue weighted by molar-refractivity contribution is 6.31. The molecule has 2 rings (SSSR count). The Morgan fingerprint density at radius 1 is 1.29 bits per heavy atom. The summed E-state index contributed by atoms with van der Waals surface area (Å²) in [6.07, 6.45) is 0.181. The number of hydrogen-bond donors (Lipinski definition) is 1. The van der Waals surface area contributed by atoms with Gasteiger partial charge in [0.15, 0.2) is 0 Å². The highest BCUT2D eigenvalue weighted by Crippen LogP contribution is 2.19. The number of halogens is 1. The number of nitriles is 1. The molecule has 0 bridgehead atoms. The molecule has 6 heteroatoms. The van der Waals surface area contributed by atoms with Crippen LogP contribution in [0.4, 0.5) is 5.69 Å². The number of carbonyl (C=O) groups excluding carboxylic acids is 1. The lowest BCUT2D eigenvalue weighted by Gasteiger charge is -2.18. The fourth-order valence-electron chi connectivity index (χ4n) is 2.16. The first-order valence-electron chi connectivity index (χ1n) is 7.37. The molecule has 0 spiro atoms. The lowest BCUT2D eigenvalue weighted by Crippen LogP contribution is -2.28. The summed E-state index contributed by atoms with van der Waals surface area (Å²) >= 11 is 6.01. The van der Waals surface area contributed by atoms with Crippen molar-refractivity contribution in [3.05, 3.63) is 64.7 Å². The number of hydrogen-bond acceptors (Lipinski definition) is 4. The second kappa shape index (κ2) is 8.14. The smallest absolute Gasteiger partial charge is 0.273 e. The van der Waals surface area contributed by atoms with E-state index in [4.69, 9.17) is 22.6 Å². The van der Waals surface area contributed by atoms with Crippen molar-refractivity contribution in [3.8, 4) is 6.07 Å². The average Bonchev–Trinajstić information content (AvgIpc) is 2.60. The molecule has 1 amide bonds. The first-order chi connectivity index (χ1) is 11.5. The number of nitrogens with zero attached hydrogens (tertiary/aromatic N) is 3. The van der Waals surface area contributed by atoms with E-state index in [0.717, 1.165) is 0 Å². The lowest BCUT2D eigenvalue weighted by molar-refractivity contribution is 0.0764. The maximum absolute atomic E-state index is 12.6. The Morgan fingerprint density at radius 2 is 2.00 bits per heavy atom. The summed E-state index contributed by atoms with van der Waals surface area (Å²) in [6, 6.07) is 15.9. The third-order valence-electron chi connectivity index (χ3n) is 3.37. The quantitative estimate of drug-likeness (QED) is 0.511. The van der Waals surface area contributed by atoms with Crippen LogP contribution in [-0.2, 0) is 0 Å². The normalized spacial score (nSPS) is 11.0. The minimum Gasteiger partial charge on any atom is -0.398 e. The number of benzene rings is 2. The second-order valence-electron chi connectivity index (χ2n) is 5.12. The molecule has 0 fully saturated rings. The van der Waals surface area contributed by atoms with Gasteiger partial charge in [0.25, 0.3) is 5.91 Å². The predicted octanol–water partition coefficient (Wildman–Crippen LogP) is 3.70. The minimum absolute atomic E-state index is 0.181. The predicted molar refractivity (Wildman–Crippen MR) is 95.8 cm³/mol. The van der Waals surface area contributed by atoms with E-state index in [2.05, 4.69) is 5.10 Å². The molecule has 122 valence electrons. The maximum Gasteiger partial charge on any atom is 0.273 e. The molecule has 0 radical (unpaired) electrons. The van der Waals surface area contributed by atoms with Crippen LogP contribution in [0.5, 0.6) is 0 Å². The molecule has 2 aromatic rings. The number of hydrazone groups is 1. The summed E-state index contributed by atoms with van der Waals surface area (Å²) in [5, 5.41) is 15.0. The summed E-state index contributed by atoms with van der Waals surface area (Å²) in [4.78, 5) is 12.6. The fourth-order valence-corrected chi connectivity index (χ4v) is 2.33. The molecule has 0 saturated carbocycles. The molecule has 0 aromatic heterocycles. The van der Waals surface area contributed by atoms with E-state index in [0.29, 0.717) is 27.5 Å². The van der Waals surface area contributed by atoms with Crippen LogP contribution in [-0.4, -0.2) is 23.2 Å². The Kier molecular flexibility index (Phi) is 5.94. The summed E-state index contributed by atoms with van der Waals surface area (Å²) in [5.74, 6) is -0.272.